The number of nitrogens with two attached hydrogens (primary N) is 1. The molecule has 0 radical (unpaired) electrons. The van der Waals surface area contributed by atoms with Crippen molar-refractivity contribution in [2.75, 3.05) is 5.73 Å². The molecule has 3 aromatic carbocycles. The largest absolute Gasteiger partial charge is 0.505 e. The molecule has 0 aliphatic rings. The van der Waals surface area contributed by atoms with Crippen LogP contribution in [0.4, 0.5) is 5.69 Å². The molecule has 0 atom stereocenters. The van der Waals surface area contributed by atoms with Gasteiger partial charge in [0.25, 0.3) is 0 Å². The van der Waals surface area contributed by atoms with E-state index in [4.69, 9.17) is 5.73 Å². The Kier molecular flexibility index (Phi) is 3.07. The monoisotopic (exact) mass is 299 g/mol. The van der Waals surface area contributed by atoms with Gasteiger partial charge >= 0.3 is 0 Å². The molecular weight excluding hydrogens is 286 g/mol. The van der Waals surface area contributed by atoms with Gasteiger partial charge in [0.1, 0.15) is 5.75 Å². The van der Waals surface area contributed by atoms with Crippen LogP contribution in [0.15, 0.2) is 70.5 Å². The van der Waals surface area contributed by atoms with E-state index >= 15 is 0 Å². The molecule has 0 unspecified atom stereocenters. The van der Waals surface area contributed by atoms with Crippen molar-refractivity contribution >= 4 is 26.3 Å². The Hall–Kier alpha value is -2.53. The molecule has 0 spiro atoms. The Morgan fingerprint density at radius 1 is 0.810 bits per heavy atom. The molecule has 5 heteroatoms. The third kappa shape index (κ3) is 2.11. The smallest absolute Gasteiger partial charge is 0.207 e. The van der Waals surface area contributed by atoms with Crippen LogP contribution in [0.2, 0.25) is 0 Å². The molecule has 0 aliphatic heterocycles. The zero-order valence-corrected chi connectivity index (χ0v) is 11.8. The van der Waals surface area contributed by atoms with Crippen LogP contribution in [-0.4, -0.2) is 13.5 Å². The van der Waals surface area contributed by atoms with Crippen molar-refractivity contribution in [2.24, 2.45) is 0 Å². The molecule has 0 aliphatic carbocycles. The van der Waals surface area contributed by atoms with Crippen LogP contribution in [-0.2, 0) is 9.84 Å². The van der Waals surface area contributed by atoms with Gasteiger partial charge in [-0.3, -0.25) is 0 Å². The summed E-state index contributed by atoms with van der Waals surface area (Å²) in [6.45, 7) is 0. The van der Waals surface area contributed by atoms with Gasteiger partial charge in [-0.25, -0.2) is 8.42 Å². The quantitative estimate of drug-likeness (QED) is 0.563. The molecule has 0 heterocycles. The highest BCUT2D eigenvalue weighted by Gasteiger charge is 2.20. The van der Waals surface area contributed by atoms with Gasteiger partial charge in [-0.1, -0.05) is 36.4 Å². The molecule has 0 saturated carbocycles. The molecule has 0 aromatic heterocycles. The average molecular weight is 299 g/mol. The minimum atomic E-state index is -3.65. The van der Waals surface area contributed by atoms with Crippen LogP contribution in [0.25, 0.3) is 10.8 Å². The molecule has 0 amide bonds. The Labute approximate surface area is 122 Å². The van der Waals surface area contributed by atoms with Gasteiger partial charge < -0.3 is 10.8 Å². The van der Waals surface area contributed by atoms with Crippen LogP contribution in [0.1, 0.15) is 0 Å². The minimum absolute atomic E-state index is 0.0994. The minimum Gasteiger partial charge on any atom is -0.505 e. The predicted molar refractivity (Wildman–Crippen MR) is 81.9 cm³/mol. The highest BCUT2D eigenvalue weighted by atomic mass is 32.2. The number of hydrogen-bond acceptors (Lipinski definition) is 4. The molecule has 0 fully saturated rings. The molecule has 3 rings (SSSR count). The lowest BCUT2D eigenvalue weighted by atomic mass is 10.1. The van der Waals surface area contributed by atoms with Crippen molar-refractivity contribution < 1.29 is 13.5 Å². The lowest BCUT2D eigenvalue weighted by Crippen LogP contribution is -2.02. The van der Waals surface area contributed by atoms with Gasteiger partial charge in [-0.05, 0) is 24.3 Å². The van der Waals surface area contributed by atoms with Gasteiger partial charge in [0.05, 0.1) is 15.5 Å². The number of phenolic OH excluding ortho intramolecular Hbond substituents is 1. The Morgan fingerprint density at radius 3 is 2.24 bits per heavy atom. The molecule has 3 N–H and O–H groups in total. The third-order valence-electron chi connectivity index (χ3n) is 3.37. The van der Waals surface area contributed by atoms with Crippen molar-refractivity contribution in [3.8, 4) is 5.75 Å². The van der Waals surface area contributed by atoms with E-state index in [1.165, 1.54) is 12.1 Å². The maximum absolute atomic E-state index is 12.7. The first kappa shape index (κ1) is 13.5. The zero-order valence-electron chi connectivity index (χ0n) is 11.0. The maximum atomic E-state index is 12.7. The molecule has 3 aromatic rings. The number of benzene rings is 3. The Bertz CT molecular complexity index is 919. The number of aromatic hydroxyl groups is 1. The number of fused-ring (bicyclic) bond motifs is 1. The van der Waals surface area contributed by atoms with Crippen molar-refractivity contribution in [1.82, 2.24) is 0 Å². The van der Waals surface area contributed by atoms with Crippen LogP contribution in [0.3, 0.4) is 0 Å². The van der Waals surface area contributed by atoms with Gasteiger partial charge in [0.2, 0.25) is 9.84 Å². The van der Waals surface area contributed by atoms with Gasteiger partial charge in [-0.2, -0.15) is 0 Å². The first-order valence-corrected chi connectivity index (χ1v) is 7.80. The maximum Gasteiger partial charge on any atom is 0.207 e. The van der Waals surface area contributed by atoms with Gasteiger partial charge in [0.15, 0.2) is 0 Å². The summed E-state index contributed by atoms with van der Waals surface area (Å²) in [6, 6.07) is 16.1. The molecule has 4 nitrogen and oxygen atoms in total. The molecular formula is C16H13NO3S. The van der Waals surface area contributed by atoms with Crippen LogP contribution in [0, 0.1) is 0 Å². The molecule has 0 saturated heterocycles. The Balaban J connectivity index is 2.34. The van der Waals surface area contributed by atoms with E-state index in [1.807, 2.05) is 0 Å². The second-order valence-corrected chi connectivity index (χ2v) is 6.59. The van der Waals surface area contributed by atoms with Gasteiger partial charge in [0, 0.05) is 10.8 Å². The summed E-state index contributed by atoms with van der Waals surface area (Å²) in [5.41, 5.74) is 5.88. The average Bonchev–Trinajstić information content (AvgIpc) is 2.51. The van der Waals surface area contributed by atoms with E-state index in [9.17, 15) is 13.5 Å². The van der Waals surface area contributed by atoms with Crippen LogP contribution >= 0.6 is 0 Å². The first-order valence-electron chi connectivity index (χ1n) is 6.32. The van der Waals surface area contributed by atoms with Crippen molar-refractivity contribution in [2.45, 2.75) is 9.79 Å². The molecule has 0 bridgehead atoms. The van der Waals surface area contributed by atoms with Crippen LogP contribution in [0.5, 0.6) is 5.75 Å². The van der Waals surface area contributed by atoms with Crippen molar-refractivity contribution in [3.63, 3.8) is 0 Å². The molecule has 106 valence electrons. The second-order valence-electron chi connectivity index (χ2n) is 4.67. The standard InChI is InChI=1S/C16H13NO3S/c17-14-10-9-12-13(16(14)18)7-4-8-15(12)21(19,20)11-5-2-1-3-6-11/h1-10,18H,17H2. The lowest BCUT2D eigenvalue weighted by molar-refractivity contribution is 0.484. The molecule has 21 heavy (non-hydrogen) atoms. The number of hydrogen-bond donors (Lipinski definition) is 2. The number of phenols is 1. The zero-order chi connectivity index (χ0) is 15.0. The number of rotatable bonds is 2. The van der Waals surface area contributed by atoms with E-state index in [-0.39, 0.29) is 21.2 Å². The fraction of sp³-hybridized carbons (Fsp3) is 0. The summed E-state index contributed by atoms with van der Waals surface area (Å²) in [5, 5.41) is 10.9. The van der Waals surface area contributed by atoms with E-state index < -0.39 is 9.84 Å². The van der Waals surface area contributed by atoms with E-state index in [0.29, 0.717) is 10.8 Å². The second kappa shape index (κ2) is 4.79. The van der Waals surface area contributed by atoms with E-state index in [1.54, 1.807) is 48.5 Å². The fourth-order valence-electron chi connectivity index (χ4n) is 2.29. The summed E-state index contributed by atoms with van der Waals surface area (Å²) >= 11 is 0. The van der Waals surface area contributed by atoms with Crippen LogP contribution < -0.4 is 5.73 Å². The lowest BCUT2D eigenvalue weighted by Gasteiger charge is -2.10. The van der Waals surface area contributed by atoms with Crippen molar-refractivity contribution in [1.29, 1.82) is 0 Å². The summed E-state index contributed by atoms with van der Waals surface area (Å²) in [4.78, 5) is 0.371. The summed E-state index contributed by atoms with van der Waals surface area (Å²) in [5.74, 6) is -0.0994. The summed E-state index contributed by atoms with van der Waals surface area (Å²) in [7, 11) is -3.65. The fourth-order valence-corrected chi connectivity index (χ4v) is 3.79. The number of nitrogen functional groups attached to an aromatic ring is 1. The Morgan fingerprint density at radius 2 is 1.52 bits per heavy atom. The summed E-state index contributed by atoms with van der Waals surface area (Å²) in [6.07, 6.45) is 0. The highest BCUT2D eigenvalue weighted by molar-refractivity contribution is 7.91. The summed E-state index contributed by atoms with van der Waals surface area (Å²) < 4.78 is 25.5. The number of sulfone groups is 1. The predicted octanol–water partition coefficient (Wildman–Crippen LogP) is 2.96. The van der Waals surface area contributed by atoms with E-state index in [2.05, 4.69) is 0 Å². The SMILES string of the molecule is Nc1ccc2c(S(=O)(=O)c3ccccc3)cccc2c1O. The van der Waals surface area contributed by atoms with E-state index in [0.717, 1.165) is 0 Å². The topological polar surface area (TPSA) is 80.4 Å². The number of anilines is 1. The third-order valence-corrected chi connectivity index (χ3v) is 5.20. The highest BCUT2D eigenvalue weighted by Crippen LogP contribution is 2.35. The van der Waals surface area contributed by atoms with Gasteiger partial charge in [-0.15, -0.1) is 0 Å². The van der Waals surface area contributed by atoms with Crippen molar-refractivity contribution in [3.05, 3.63) is 60.7 Å². The normalized spacial score (nSPS) is 11.6. The first-order chi connectivity index (χ1) is 10.0.